The van der Waals surface area contributed by atoms with Crippen molar-refractivity contribution in [1.82, 2.24) is 9.97 Å². The van der Waals surface area contributed by atoms with Crippen molar-refractivity contribution >= 4 is 54.4 Å². The van der Waals surface area contributed by atoms with Crippen LogP contribution in [-0.4, -0.2) is 38.1 Å². The second-order valence-corrected chi connectivity index (χ2v) is 9.20. The van der Waals surface area contributed by atoms with E-state index >= 15 is 0 Å². The van der Waals surface area contributed by atoms with Crippen LogP contribution >= 0.6 is 0 Å². The first kappa shape index (κ1) is 24.5. The average molecular weight is 532 g/mol. The lowest BCUT2D eigenvalue weighted by Crippen LogP contribution is -2.24. The lowest BCUT2D eigenvalue weighted by Gasteiger charge is -2.07. The topological polar surface area (TPSA) is 272 Å². The van der Waals surface area contributed by atoms with E-state index in [-0.39, 0.29) is 0 Å². The van der Waals surface area contributed by atoms with Crippen molar-refractivity contribution in [2.75, 3.05) is 0 Å². The van der Waals surface area contributed by atoms with E-state index < -0.39 is 95.0 Å². The molecule has 2 heterocycles. The SMILES string of the molecule is O=c1[nH]c2c([N+](=O)[O-])cc([N+](=O)[O-])cc2cc1S(=O)(=O)c1cc2cc([N+](=O)[O-])cc([N+](=O)[O-])c2[nH]c1=O. The van der Waals surface area contributed by atoms with E-state index in [9.17, 15) is 58.5 Å². The number of nitro benzene ring substituents is 4. The van der Waals surface area contributed by atoms with E-state index in [2.05, 4.69) is 0 Å². The van der Waals surface area contributed by atoms with Crippen molar-refractivity contribution in [3.8, 4) is 0 Å². The number of rotatable bonds is 6. The Bertz CT molecular complexity index is 1830. The molecule has 2 N–H and O–H groups in total. The molecule has 19 heteroatoms. The number of aromatic amines is 2. The first-order valence-corrected chi connectivity index (χ1v) is 11.0. The van der Waals surface area contributed by atoms with Crippen LogP contribution in [0.4, 0.5) is 22.7 Å². The van der Waals surface area contributed by atoms with E-state index in [0.29, 0.717) is 24.3 Å². The second-order valence-electron chi connectivity index (χ2n) is 7.32. The number of nitrogens with one attached hydrogen (secondary N) is 2. The van der Waals surface area contributed by atoms with Gasteiger partial charge in [0.2, 0.25) is 9.84 Å². The predicted octanol–water partition coefficient (Wildman–Crippen LogP) is 1.84. The number of benzene rings is 2. The summed E-state index contributed by atoms with van der Waals surface area (Å²) in [7, 11) is -5.08. The lowest BCUT2D eigenvalue weighted by molar-refractivity contribution is -0.393. The van der Waals surface area contributed by atoms with E-state index in [1.807, 2.05) is 9.97 Å². The van der Waals surface area contributed by atoms with Gasteiger partial charge in [-0.1, -0.05) is 0 Å². The summed E-state index contributed by atoms with van der Waals surface area (Å²) in [4.78, 5) is 67.8. The van der Waals surface area contributed by atoms with Crippen LogP contribution < -0.4 is 11.1 Å². The van der Waals surface area contributed by atoms with Crippen molar-refractivity contribution in [3.05, 3.63) is 97.6 Å². The third-order valence-corrected chi connectivity index (χ3v) is 6.92. The Labute approximate surface area is 200 Å². The van der Waals surface area contributed by atoms with E-state index in [1.54, 1.807) is 0 Å². The van der Waals surface area contributed by atoms with Gasteiger partial charge in [-0.05, 0) is 12.1 Å². The maximum Gasteiger partial charge on any atom is 0.300 e. The van der Waals surface area contributed by atoms with Crippen molar-refractivity contribution in [1.29, 1.82) is 0 Å². The minimum absolute atomic E-state index is 0.428. The molecule has 0 fully saturated rings. The number of aromatic nitrogens is 2. The van der Waals surface area contributed by atoms with Crippen molar-refractivity contribution in [2.24, 2.45) is 0 Å². The Morgan fingerprint density at radius 2 is 0.919 bits per heavy atom. The van der Waals surface area contributed by atoms with Gasteiger partial charge < -0.3 is 9.97 Å². The Hall–Kier alpha value is -5.59. The molecule has 0 radical (unpaired) electrons. The number of H-pyrrole nitrogens is 2. The molecule has 0 aliphatic rings. The van der Waals surface area contributed by atoms with Crippen LogP contribution in [0.1, 0.15) is 0 Å². The molecule has 37 heavy (non-hydrogen) atoms. The van der Waals surface area contributed by atoms with Gasteiger partial charge >= 0.3 is 0 Å². The minimum Gasteiger partial charge on any atom is -0.315 e. The lowest BCUT2D eigenvalue weighted by atomic mass is 10.1. The Morgan fingerprint density at radius 3 is 1.22 bits per heavy atom. The van der Waals surface area contributed by atoms with Gasteiger partial charge in [0, 0.05) is 22.9 Å². The fraction of sp³-hybridized carbons (Fsp3) is 0. The zero-order chi connectivity index (χ0) is 27.4. The van der Waals surface area contributed by atoms with Gasteiger partial charge in [-0.25, -0.2) is 8.42 Å². The molecule has 188 valence electrons. The fourth-order valence-corrected chi connectivity index (χ4v) is 4.94. The highest BCUT2D eigenvalue weighted by atomic mass is 32.2. The molecule has 0 unspecified atom stereocenters. The standard InChI is InChI=1S/C18H8N6O12S/c25-17-13(3-7-1-9(21(27)28)5-11(23(31)32)15(7)19-17)37(35,36)14-4-8-2-10(22(29)30)6-12(24(33)34)16(8)20-18(14)26/h1-6H,(H,19,25)(H,20,26). The van der Waals surface area contributed by atoms with Crippen LogP contribution in [0.25, 0.3) is 21.8 Å². The normalized spacial score (nSPS) is 11.5. The molecule has 2 aromatic carbocycles. The summed E-state index contributed by atoms with van der Waals surface area (Å²) in [6, 6.07) is 3.80. The van der Waals surface area contributed by atoms with Gasteiger partial charge in [0.15, 0.2) is 0 Å². The second kappa shape index (κ2) is 8.27. The largest absolute Gasteiger partial charge is 0.315 e. The number of nitrogens with zero attached hydrogens (tertiary/aromatic N) is 4. The van der Waals surface area contributed by atoms with E-state index in [1.165, 1.54) is 0 Å². The molecule has 0 spiro atoms. The van der Waals surface area contributed by atoms with Crippen LogP contribution in [-0.2, 0) is 9.84 Å². The van der Waals surface area contributed by atoms with Crippen LogP contribution in [0.5, 0.6) is 0 Å². The highest BCUT2D eigenvalue weighted by Gasteiger charge is 2.30. The number of sulfone groups is 1. The molecule has 0 amide bonds. The number of fused-ring (bicyclic) bond motifs is 2. The van der Waals surface area contributed by atoms with Crippen molar-refractivity contribution in [3.63, 3.8) is 0 Å². The molecule has 4 rings (SSSR count). The molecule has 0 bridgehead atoms. The molecule has 0 saturated carbocycles. The van der Waals surface area contributed by atoms with Crippen LogP contribution in [0.3, 0.4) is 0 Å². The molecule has 0 aliphatic carbocycles. The maximum atomic E-state index is 13.3. The van der Waals surface area contributed by atoms with Gasteiger partial charge in [0.05, 0.1) is 31.8 Å². The van der Waals surface area contributed by atoms with Crippen LogP contribution in [0.2, 0.25) is 0 Å². The highest BCUT2D eigenvalue weighted by Crippen LogP contribution is 2.32. The summed E-state index contributed by atoms with van der Waals surface area (Å²) in [5, 5.41) is 44.1. The smallest absolute Gasteiger partial charge is 0.300 e. The zero-order valence-corrected chi connectivity index (χ0v) is 18.4. The van der Waals surface area contributed by atoms with Crippen LogP contribution in [0, 0.1) is 40.5 Å². The van der Waals surface area contributed by atoms with Gasteiger partial charge in [-0.15, -0.1) is 0 Å². The number of hydrogen-bond donors (Lipinski definition) is 2. The highest BCUT2D eigenvalue weighted by molar-refractivity contribution is 7.91. The molecular formula is C18H8N6O12S. The van der Waals surface area contributed by atoms with Gasteiger partial charge in [0.1, 0.15) is 20.8 Å². The van der Waals surface area contributed by atoms with Gasteiger partial charge in [0.25, 0.3) is 33.9 Å². The first-order chi connectivity index (χ1) is 17.2. The molecule has 0 saturated heterocycles. The van der Waals surface area contributed by atoms with E-state index in [4.69, 9.17) is 0 Å². The maximum absolute atomic E-state index is 13.3. The monoisotopic (exact) mass is 532 g/mol. The number of hydrogen-bond acceptors (Lipinski definition) is 12. The predicted molar refractivity (Wildman–Crippen MR) is 121 cm³/mol. The minimum atomic E-state index is -5.08. The molecular weight excluding hydrogens is 524 g/mol. The molecule has 4 aromatic rings. The Kier molecular flexibility index (Phi) is 5.48. The quantitative estimate of drug-likeness (QED) is 0.266. The Balaban J connectivity index is 2.05. The summed E-state index contributed by atoms with van der Waals surface area (Å²) in [5.74, 6) is 0. The summed E-state index contributed by atoms with van der Waals surface area (Å²) < 4.78 is 26.5. The average Bonchev–Trinajstić information content (AvgIpc) is 2.81. The van der Waals surface area contributed by atoms with Crippen LogP contribution in [0.15, 0.2) is 55.8 Å². The summed E-state index contributed by atoms with van der Waals surface area (Å²) in [5.41, 5.74) is -7.28. The number of non-ortho nitro benzene ring substituents is 4. The summed E-state index contributed by atoms with van der Waals surface area (Å²) in [6.45, 7) is 0. The first-order valence-electron chi connectivity index (χ1n) is 9.47. The zero-order valence-electron chi connectivity index (χ0n) is 17.6. The molecule has 2 aromatic heterocycles. The van der Waals surface area contributed by atoms with Crippen molar-refractivity contribution in [2.45, 2.75) is 9.79 Å². The fourth-order valence-electron chi connectivity index (χ4n) is 3.55. The van der Waals surface area contributed by atoms with Crippen molar-refractivity contribution < 1.29 is 28.1 Å². The third-order valence-electron chi connectivity index (χ3n) is 5.16. The Morgan fingerprint density at radius 1 is 0.568 bits per heavy atom. The van der Waals surface area contributed by atoms with Gasteiger partial charge in [-0.3, -0.25) is 50.0 Å². The van der Waals surface area contributed by atoms with Gasteiger partial charge in [-0.2, -0.15) is 0 Å². The number of pyridine rings is 2. The molecule has 0 aliphatic heterocycles. The molecule has 0 atom stereocenters. The summed E-state index contributed by atoms with van der Waals surface area (Å²) >= 11 is 0. The molecule has 18 nitrogen and oxygen atoms in total. The summed E-state index contributed by atoms with van der Waals surface area (Å²) in [6.07, 6.45) is 0. The number of nitro groups is 4. The third kappa shape index (κ3) is 3.99. The van der Waals surface area contributed by atoms with E-state index in [0.717, 1.165) is 12.1 Å².